The van der Waals surface area contributed by atoms with Crippen molar-refractivity contribution in [1.29, 1.82) is 0 Å². The Labute approximate surface area is 146 Å². The maximum atomic E-state index is 12.9. The van der Waals surface area contributed by atoms with Crippen LogP contribution in [0.3, 0.4) is 0 Å². The zero-order chi connectivity index (χ0) is 16.9. The van der Waals surface area contributed by atoms with E-state index in [1.54, 1.807) is 35.4 Å². The molecule has 0 saturated carbocycles. The number of hydrogen-bond acceptors (Lipinski definition) is 6. The molecule has 0 aliphatic carbocycles. The van der Waals surface area contributed by atoms with E-state index in [1.165, 1.54) is 23.9 Å². The van der Waals surface area contributed by atoms with E-state index in [-0.39, 0.29) is 17.5 Å². The number of carbonyl (C=O) groups excluding carboxylic acids is 1. The molecular formula is C16H14FN3O2S2. The highest BCUT2D eigenvalue weighted by Gasteiger charge is 2.14. The molecule has 0 saturated heterocycles. The van der Waals surface area contributed by atoms with Crippen molar-refractivity contribution in [2.75, 3.05) is 12.8 Å². The highest BCUT2D eigenvalue weighted by molar-refractivity contribution is 7.99. The quantitative estimate of drug-likeness (QED) is 0.625. The third kappa shape index (κ3) is 4.21. The molecule has 0 fully saturated rings. The summed E-state index contributed by atoms with van der Waals surface area (Å²) in [5, 5.41) is 12.1. The maximum Gasteiger partial charge on any atom is 0.277 e. The second-order valence-corrected chi connectivity index (χ2v) is 6.76. The first kappa shape index (κ1) is 16.7. The standard InChI is InChI=1S/C16H14FN3O2S2/c1-20(8-11-6-7-23-9-11)14(21)10-24-16-19-18-15(22-16)12-2-4-13(17)5-3-12/h2-7,9H,8,10H2,1H3. The Morgan fingerprint density at radius 2 is 2.08 bits per heavy atom. The average molecular weight is 363 g/mol. The van der Waals surface area contributed by atoms with Crippen LogP contribution in [0, 0.1) is 5.82 Å². The molecule has 0 aliphatic heterocycles. The van der Waals surface area contributed by atoms with Gasteiger partial charge in [-0.05, 0) is 46.7 Å². The fourth-order valence-corrected chi connectivity index (χ4v) is 3.32. The van der Waals surface area contributed by atoms with Crippen molar-refractivity contribution in [2.45, 2.75) is 11.8 Å². The molecule has 3 aromatic rings. The van der Waals surface area contributed by atoms with E-state index in [4.69, 9.17) is 4.42 Å². The summed E-state index contributed by atoms with van der Waals surface area (Å²) >= 11 is 2.79. The number of benzene rings is 1. The van der Waals surface area contributed by atoms with Gasteiger partial charge in [0.25, 0.3) is 5.22 Å². The van der Waals surface area contributed by atoms with Crippen LogP contribution < -0.4 is 0 Å². The Balaban J connectivity index is 1.55. The molecule has 0 bridgehead atoms. The van der Waals surface area contributed by atoms with E-state index >= 15 is 0 Å². The summed E-state index contributed by atoms with van der Waals surface area (Å²) in [7, 11) is 1.76. The second kappa shape index (κ2) is 7.59. The first-order chi connectivity index (χ1) is 11.6. The first-order valence-corrected chi connectivity index (χ1v) is 9.02. The van der Waals surface area contributed by atoms with Crippen molar-refractivity contribution < 1.29 is 13.6 Å². The zero-order valence-electron chi connectivity index (χ0n) is 12.8. The number of halogens is 1. The van der Waals surface area contributed by atoms with E-state index in [0.717, 1.165) is 5.56 Å². The van der Waals surface area contributed by atoms with Crippen molar-refractivity contribution in [1.82, 2.24) is 15.1 Å². The summed E-state index contributed by atoms with van der Waals surface area (Å²) in [6.07, 6.45) is 0. The molecule has 1 amide bonds. The minimum atomic E-state index is -0.327. The lowest BCUT2D eigenvalue weighted by atomic mass is 10.2. The Bertz CT molecular complexity index is 803. The number of aromatic nitrogens is 2. The molecule has 1 aromatic carbocycles. The Morgan fingerprint density at radius 1 is 1.29 bits per heavy atom. The van der Waals surface area contributed by atoms with Gasteiger partial charge in [-0.1, -0.05) is 11.8 Å². The third-order valence-electron chi connectivity index (χ3n) is 3.24. The highest BCUT2D eigenvalue weighted by atomic mass is 32.2. The molecule has 0 unspecified atom stereocenters. The van der Waals surface area contributed by atoms with Crippen LogP contribution in [0.15, 0.2) is 50.7 Å². The minimum Gasteiger partial charge on any atom is -0.411 e. The molecule has 5 nitrogen and oxygen atoms in total. The van der Waals surface area contributed by atoms with Crippen molar-refractivity contribution in [3.63, 3.8) is 0 Å². The van der Waals surface area contributed by atoms with Crippen molar-refractivity contribution in [3.05, 3.63) is 52.5 Å². The van der Waals surface area contributed by atoms with Crippen molar-refractivity contribution in [3.8, 4) is 11.5 Å². The number of hydrogen-bond donors (Lipinski definition) is 0. The number of thioether (sulfide) groups is 1. The van der Waals surface area contributed by atoms with Gasteiger partial charge < -0.3 is 9.32 Å². The Morgan fingerprint density at radius 3 is 2.79 bits per heavy atom. The van der Waals surface area contributed by atoms with Crippen LogP contribution in [0.2, 0.25) is 0 Å². The average Bonchev–Trinajstić information content (AvgIpc) is 3.25. The highest BCUT2D eigenvalue weighted by Crippen LogP contribution is 2.23. The molecule has 0 spiro atoms. The van der Waals surface area contributed by atoms with E-state index in [2.05, 4.69) is 10.2 Å². The van der Waals surface area contributed by atoms with Crippen LogP contribution in [-0.2, 0) is 11.3 Å². The predicted octanol–water partition coefficient (Wildman–Crippen LogP) is 3.69. The van der Waals surface area contributed by atoms with Gasteiger partial charge in [0.1, 0.15) is 5.82 Å². The van der Waals surface area contributed by atoms with Gasteiger partial charge in [-0.2, -0.15) is 11.3 Å². The smallest absolute Gasteiger partial charge is 0.277 e. The SMILES string of the molecule is CN(Cc1ccsc1)C(=O)CSc1nnc(-c2ccc(F)cc2)o1. The number of carbonyl (C=O) groups is 1. The van der Waals surface area contributed by atoms with Crippen LogP contribution >= 0.6 is 23.1 Å². The lowest BCUT2D eigenvalue weighted by Crippen LogP contribution is -2.27. The largest absolute Gasteiger partial charge is 0.411 e. The molecule has 2 aromatic heterocycles. The number of thiophene rings is 1. The predicted molar refractivity (Wildman–Crippen MR) is 91.2 cm³/mol. The van der Waals surface area contributed by atoms with Crippen LogP contribution in [0.4, 0.5) is 4.39 Å². The molecule has 24 heavy (non-hydrogen) atoms. The summed E-state index contributed by atoms with van der Waals surface area (Å²) in [6.45, 7) is 0.577. The molecule has 2 heterocycles. The van der Waals surface area contributed by atoms with Gasteiger partial charge in [0.05, 0.1) is 5.75 Å². The van der Waals surface area contributed by atoms with Gasteiger partial charge >= 0.3 is 0 Å². The molecule has 0 N–H and O–H groups in total. The molecule has 0 aliphatic rings. The number of amides is 1. The first-order valence-electron chi connectivity index (χ1n) is 7.09. The van der Waals surface area contributed by atoms with Crippen LogP contribution in [0.1, 0.15) is 5.56 Å². The van der Waals surface area contributed by atoms with Crippen LogP contribution in [0.5, 0.6) is 0 Å². The fourth-order valence-electron chi connectivity index (χ4n) is 1.96. The van der Waals surface area contributed by atoms with Crippen molar-refractivity contribution in [2.24, 2.45) is 0 Å². The minimum absolute atomic E-state index is 0.0206. The summed E-state index contributed by atoms with van der Waals surface area (Å²) < 4.78 is 18.4. The van der Waals surface area contributed by atoms with Gasteiger partial charge in [0.2, 0.25) is 11.8 Å². The number of rotatable bonds is 6. The van der Waals surface area contributed by atoms with E-state index < -0.39 is 0 Å². The Hall–Kier alpha value is -2.19. The monoisotopic (exact) mass is 363 g/mol. The number of nitrogens with zero attached hydrogens (tertiary/aromatic N) is 3. The van der Waals surface area contributed by atoms with Gasteiger partial charge in [-0.25, -0.2) is 4.39 Å². The summed E-state index contributed by atoms with van der Waals surface area (Å²) in [6, 6.07) is 7.78. The van der Waals surface area contributed by atoms with E-state index in [0.29, 0.717) is 23.2 Å². The lowest BCUT2D eigenvalue weighted by molar-refractivity contribution is -0.127. The van der Waals surface area contributed by atoms with Gasteiger partial charge in [-0.3, -0.25) is 4.79 Å². The Kier molecular flexibility index (Phi) is 5.27. The summed E-state index contributed by atoms with van der Waals surface area (Å²) in [4.78, 5) is 13.8. The van der Waals surface area contributed by atoms with Crippen LogP contribution in [0.25, 0.3) is 11.5 Å². The van der Waals surface area contributed by atoms with E-state index in [9.17, 15) is 9.18 Å². The van der Waals surface area contributed by atoms with Crippen molar-refractivity contribution >= 4 is 29.0 Å². The molecular weight excluding hydrogens is 349 g/mol. The molecule has 3 rings (SSSR count). The second-order valence-electron chi connectivity index (χ2n) is 5.05. The molecule has 124 valence electrons. The topological polar surface area (TPSA) is 59.2 Å². The molecule has 0 radical (unpaired) electrons. The summed E-state index contributed by atoms with van der Waals surface area (Å²) in [5.74, 6) is 0.169. The molecule has 0 atom stereocenters. The van der Waals surface area contributed by atoms with Crippen LogP contribution in [-0.4, -0.2) is 33.8 Å². The lowest BCUT2D eigenvalue weighted by Gasteiger charge is -2.15. The third-order valence-corrected chi connectivity index (χ3v) is 4.78. The molecule has 8 heteroatoms. The fraction of sp³-hybridized carbons (Fsp3) is 0.188. The van der Waals surface area contributed by atoms with E-state index in [1.807, 2.05) is 16.8 Å². The van der Waals surface area contributed by atoms with Gasteiger partial charge in [0, 0.05) is 19.2 Å². The van der Waals surface area contributed by atoms with Gasteiger partial charge in [-0.15, -0.1) is 10.2 Å². The summed E-state index contributed by atoms with van der Waals surface area (Å²) in [5.41, 5.74) is 1.74. The van der Waals surface area contributed by atoms with Gasteiger partial charge in [0.15, 0.2) is 0 Å². The maximum absolute atomic E-state index is 12.9. The normalized spacial score (nSPS) is 10.8. The zero-order valence-corrected chi connectivity index (χ0v) is 14.4.